The molecule has 0 amide bonds. The van der Waals surface area contributed by atoms with Crippen LogP contribution >= 0.6 is 0 Å². The lowest BCUT2D eigenvalue weighted by Crippen LogP contribution is -2.29. The van der Waals surface area contributed by atoms with E-state index in [1.54, 1.807) is 0 Å². The first-order valence-electron chi connectivity index (χ1n) is 7.72. The predicted octanol–water partition coefficient (Wildman–Crippen LogP) is 4.55. The second kappa shape index (κ2) is 7.24. The van der Waals surface area contributed by atoms with E-state index in [1.165, 1.54) is 0 Å². The molecule has 0 aliphatic carbocycles. The monoisotopic (exact) mass is 328 g/mol. The highest BCUT2D eigenvalue weighted by Crippen LogP contribution is 2.31. The fourth-order valence-electron chi connectivity index (χ4n) is 2.17. The summed E-state index contributed by atoms with van der Waals surface area (Å²) in [6, 6.07) is 17.3. The number of aliphatic hydroxyl groups is 1. The Bertz CT molecular complexity index is 695. The predicted molar refractivity (Wildman–Crippen MR) is 97.5 cm³/mol. The largest absolute Gasteiger partial charge is 0.387 e. The van der Waals surface area contributed by atoms with Crippen molar-refractivity contribution >= 4 is 16.9 Å². The van der Waals surface area contributed by atoms with Crippen molar-refractivity contribution in [3.05, 3.63) is 70.6 Å². The molecule has 0 aliphatic heterocycles. The van der Waals surface area contributed by atoms with Crippen molar-refractivity contribution in [1.82, 2.24) is 0 Å². The van der Waals surface area contributed by atoms with E-state index in [1.807, 2.05) is 88.4 Å². The fraction of sp³-hybridized carbons (Fsp3) is 0.300. The Labute approximate surface area is 141 Å². The van der Waals surface area contributed by atoms with Gasteiger partial charge in [-0.15, -0.1) is 0 Å². The molecule has 2 aromatic rings. The number of aryl methyl sites for hydroxylation is 1. The first-order chi connectivity index (χ1) is 10.8. The lowest BCUT2D eigenvalue weighted by Gasteiger charge is -2.28. The minimum absolute atomic E-state index is 0.388. The molecular weight excluding hydrogens is 304 g/mol. The summed E-state index contributed by atoms with van der Waals surface area (Å²) in [6.45, 7) is 7.84. The minimum Gasteiger partial charge on any atom is -0.387 e. The van der Waals surface area contributed by atoms with Crippen LogP contribution in [0, 0.1) is 12.3 Å². The van der Waals surface area contributed by atoms with E-state index < -0.39 is 16.9 Å². The molecule has 122 valence electrons. The zero-order chi connectivity index (χ0) is 17.0. The number of hydrogen-bond donors (Lipinski definition) is 1. The third-order valence-corrected chi connectivity index (χ3v) is 5.12. The minimum atomic E-state index is -1.40. The van der Waals surface area contributed by atoms with Gasteiger partial charge in [-0.2, -0.15) is 0 Å². The number of rotatable bonds is 4. The summed E-state index contributed by atoms with van der Waals surface area (Å²) in [4.78, 5) is 1.24. The molecule has 0 heterocycles. The van der Waals surface area contributed by atoms with E-state index in [9.17, 15) is 9.32 Å². The molecule has 0 radical (unpaired) electrons. The van der Waals surface area contributed by atoms with Gasteiger partial charge in [-0.1, -0.05) is 68.8 Å². The third-order valence-electron chi connectivity index (χ3n) is 3.65. The van der Waals surface area contributed by atoms with Crippen molar-refractivity contribution in [2.24, 2.45) is 5.41 Å². The summed E-state index contributed by atoms with van der Waals surface area (Å²) < 4.78 is 13.0. The molecule has 2 atom stereocenters. The van der Waals surface area contributed by atoms with Crippen LogP contribution in [-0.2, 0) is 10.8 Å². The van der Waals surface area contributed by atoms with Crippen LogP contribution in [0.25, 0.3) is 6.08 Å². The quantitative estimate of drug-likeness (QED) is 0.894. The molecule has 1 N–H and O–H groups in total. The van der Waals surface area contributed by atoms with Gasteiger partial charge >= 0.3 is 0 Å². The van der Waals surface area contributed by atoms with Crippen LogP contribution in [0.5, 0.6) is 0 Å². The molecule has 0 spiro atoms. The standard InChI is InChI=1S/C20H24O2S/c1-15-10-12-17(13-11-15)23(22)18(19(21)20(2,3)4)14-16-8-6-5-7-9-16/h5-14,19,21H,1-4H3/b18-14+/t19-,23?/m0/s1. The molecule has 0 saturated heterocycles. The van der Waals surface area contributed by atoms with Gasteiger partial charge < -0.3 is 5.11 Å². The van der Waals surface area contributed by atoms with Crippen LogP contribution in [0.2, 0.25) is 0 Å². The SMILES string of the molecule is Cc1ccc(S(=O)/C(=C/c2ccccc2)[C@H](O)C(C)(C)C)cc1. The van der Waals surface area contributed by atoms with Gasteiger partial charge in [0, 0.05) is 4.90 Å². The zero-order valence-electron chi connectivity index (χ0n) is 14.1. The average molecular weight is 328 g/mol. The maximum Gasteiger partial charge on any atom is 0.0925 e. The van der Waals surface area contributed by atoms with E-state index in [4.69, 9.17) is 0 Å². The Kier molecular flexibility index (Phi) is 5.55. The maximum atomic E-state index is 13.0. The first-order valence-corrected chi connectivity index (χ1v) is 8.87. The molecule has 0 saturated carbocycles. The van der Waals surface area contributed by atoms with E-state index in [2.05, 4.69) is 0 Å². The van der Waals surface area contributed by atoms with Crippen LogP contribution in [0.1, 0.15) is 31.9 Å². The van der Waals surface area contributed by atoms with Crippen molar-refractivity contribution in [3.63, 3.8) is 0 Å². The van der Waals surface area contributed by atoms with Gasteiger partial charge in [-0.25, -0.2) is 4.21 Å². The molecule has 23 heavy (non-hydrogen) atoms. The molecule has 1 unspecified atom stereocenters. The van der Waals surface area contributed by atoms with Crippen molar-refractivity contribution in [2.45, 2.75) is 38.7 Å². The fourth-order valence-corrected chi connectivity index (χ4v) is 3.63. The summed E-state index contributed by atoms with van der Waals surface area (Å²) in [5, 5.41) is 10.7. The molecule has 0 bridgehead atoms. The Morgan fingerprint density at radius 2 is 1.61 bits per heavy atom. The topological polar surface area (TPSA) is 37.3 Å². The number of aliphatic hydroxyl groups excluding tert-OH is 1. The first kappa shape index (κ1) is 17.6. The van der Waals surface area contributed by atoms with Gasteiger partial charge in [0.1, 0.15) is 0 Å². The second-order valence-electron chi connectivity index (χ2n) is 6.81. The molecule has 2 rings (SSSR count). The Morgan fingerprint density at radius 3 is 2.13 bits per heavy atom. The van der Waals surface area contributed by atoms with Gasteiger partial charge in [0.2, 0.25) is 0 Å². The average Bonchev–Trinajstić information content (AvgIpc) is 2.52. The summed E-state index contributed by atoms with van der Waals surface area (Å²) in [5.41, 5.74) is 1.67. The highest BCUT2D eigenvalue weighted by molar-refractivity contribution is 7.89. The Morgan fingerprint density at radius 1 is 1.04 bits per heavy atom. The molecule has 0 aliphatic rings. The highest BCUT2D eigenvalue weighted by atomic mass is 32.2. The lowest BCUT2D eigenvalue weighted by molar-refractivity contribution is 0.102. The van der Waals surface area contributed by atoms with Crippen LogP contribution in [0.4, 0.5) is 0 Å². The van der Waals surface area contributed by atoms with E-state index in [0.717, 1.165) is 11.1 Å². The van der Waals surface area contributed by atoms with Crippen molar-refractivity contribution in [1.29, 1.82) is 0 Å². The van der Waals surface area contributed by atoms with E-state index >= 15 is 0 Å². The molecule has 3 heteroatoms. The molecular formula is C20H24O2S. The van der Waals surface area contributed by atoms with E-state index in [-0.39, 0.29) is 5.41 Å². The summed E-state index contributed by atoms with van der Waals surface area (Å²) in [7, 11) is -1.40. The van der Waals surface area contributed by atoms with Gasteiger partial charge in [0.15, 0.2) is 0 Å². The molecule has 2 aromatic carbocycles. The normalized spacial score (nSPS) is 15.3. The Hall–Kier alpha value is -1.71. The summed E-state index contributed by atoms with van der Waals surface area (Å²) >= 11 is 0. The van der Waals surface area contributed by atoms with Crippen LogP contribution in [0.15, 0.2) is 64.4 Å². The molecule has 0 aromatic heterocycles. The zero-order valence-corrected chi connectivity index (χ0v) is 14.9. The van der Waals surface area contributed by atoms with Crippen molar-refractivity contribution in [3.8, 4) is 0 Å². The third kappa shape index (κ3) is 4.63. The molecule has 2 nitrogen and oxygen atoms in total. The number of hydrogen-bond acceptors (Lipinski definition) is 2. The van der Waals surface area contributed by atoms with Crippen LogP contribution in [0.3, 0.4) is 0 Å². The summed E-state index contributed by atoms with van der Waals surface area (Å²) in [6.07, 6.45) is 1.05. The van der Waals surface area contributed by atoms with E-state index in [0.29, 0.717) is 9.80 Å². The molecule has 0 fully saturated rings. The number of benzene rings is 2. The van der Waals surface area contributed by atoms with Gasteiger partial charge in [0.05, 0.1) is 21.8 Å². The van der Waals surface area contributed by atoms with Crippen molar-refractivity contribution < 1.29 is 9.32 Å². The lowest BCUT2D eigenvalue weighted by atomic mass is 9.88. The highest BCUT2D eigenvalue weighted by Gasteiger charge is 2.29. The van der Waals surface area contributed by atoms with Crippen molar-refractivity contribution in [2.75, 3.05) is 0 Å². The van der Waals surface area contributed by atoms with Crippen LogP contribution in [-0.4, -0.2) is 15.4 Å². The van der Waals surface area contributed by atoms with Gasteiger partial charge in [-0.05, 0) is 36.1 Å². The summed E-state index contributed by atoms with van der Waals surface area (Å²) in [5.74, 6) is 0. The smallest absolute Gasteiger partial charge is 0.0925 e. The van der Waals surface area contributed by atoms with Crippen LogP contribution < -0.4 is 0 Å². The maximum absolute atomic E-state index is 13.0. The Balaban J connectivity index is 2.47. The van der Waals surface area contributed by atoms with Gasteiger partial charge in [0.25, 0.3) is 0 Å². The second-order valence-corrected chi connectivity index (χ2v) is 8.29. The van der Waals surface area contributed by atoms with Gasteiger partial charge in [-0.3, -0.25) is 0 Å².